The molecule has 94 valence electrons. The number of rotatable bonds is 1. The summed E-state index contributed by atoms with van der Waals surface area (Å²) in [6, 6.07) is 7.93. The van der Waals surface area contributed by atoms with Crippen molar-refractivity contribution in [2.24, 2.45) is 0 Å². The van der Waals surface area contributed by atoms with E-state index in [-0.39, 0.29) is 0 Å². The van der Waals surface area contributed by atoms with Crippen LogP contribution >= 0.6 is 11.3 Å². The number of fused-ring (bicyclic) bond motifs is 2. The first-order chi connectivity index (χ1) is 9.42. The first-order valence-corrected chi connectivity index (χ1v) is 6.88. The van der Waals surface area contributed by atoms with E-state index < -0.39 is 0 Å². The lowest BCUT2D eigenvalue weighted by molar-refractivity contribution is 0.171. The quantitative estimate of drug-likeness (QED) is 0.681. The van der Waals surface area contributed by atoms with Crippen LogP contribution in [0.5, 0.6) is 11.5 Å². The van der Waals surface area contributed by atoms with Crippen molar-refractivity contribution in [3.8, 4) is 22.8 Å². The van der Waals surface area contributed by atoms with Crippen LogP contribution in [0.4, 0.5) is 0 Å². The zero-order chi connectivity index (χ0) is 12.7. The second-order valence-electron chi connectivity index (χ2n) is 4.22. The molecule has 0 atom stereocenters. The summed E-state index contributed by atoms with van der Waals surface area (Å²) < 4.78 is 12.2. The highest BCUT2D eigenvalue weighted by Crippen LogP contribution is 2.36. The number of ether oxygens (including phenoxy) is 2. The van der Waals surface area contributed by atoms with Crippen molar-refractivity contribution in [2.45, 2.75) is 0 Å². The van der Waals surface area contributed by atoms with Gasteiger partial charge in [-0.15, -0.1) is 11.3 Å². The predicted octanol–water partition coefficient (Wildman–Crippen LogP) is 3.13. The van der Waals surface area contributed by atoms with Crippen LogP contribution < -0.4 is 9.47 Å². The molecule has 1 aliphatic rings. The van der Waals surface area contributed by atoms with Crippen LogP contribution in [0.2, 0.25) is 0 Å². The van der Waals surface area contributed by atoms with Gasteiger partial charge in [-0.05, 0) is 29.6 Å². The molecule has 0 radical (unpaired) electrons. The number of benzene rings is 1. The van der Waals surface area contributed by atoms with E-state index in [2.05, 4.69) is 9.97 Å². The van der Waals surface area contributed by atoms with Gasteiger partial charge in [0, 0.05) is 5.56 Å². The first-order valence-electron chi connectivity index (χ1n) is 6.00. The molecular weight excluding hydrogens is 260 g/mol. The summed E-state index contributed by atoms with van der Waals surface area (Å²) in [5.74, 6) is 1.58. The van der Waals surface area contributed by atoms with E-state index in [0.717, 1.165) is 33.0 Å². The minimum Gasteiger partial charge on any atom is -0.486 e. The maximum absolute atomic E-state index is 5.61. The average Bonchev–Trinajstić information content (AvgIpc) is 2.95. The Morgan fingerprint density at radius 1 is 1.00 bits per heavy atom. The summed E-state index contributed by atoms with van der Waals surface area (Å²) in [6.45, 7) is 1.20. The second-order valence-corrected chi connectivity index (χ2v) is 5.13. The van der Waals surface area contributed by atoms with E-state index in [4.69, 9.17) is 9.47 Å². The van der Waals surface area contributed by atoms with Crippen molar-refractivity contribution in [2.75, 3.05) is 13.2 Å². The van der Waals surface area contributed by atoms with Gasteiger partial charge in [0.25, 0.3) is 0 Å². The Hall–Kier alpha value is -2.14. The van der Waals surface area contributed by atoms with E-state index in [0.29, 0.717) is 13.2 Å². The van der Waals surface area contributed by atoms with Crippen molar-refractivity contribution in [3.05, 3.63) is 36.0 Å². The Labute approximate surface area is 113 Å². The van der Waals surface area contributed by atoms with Crippen molar-refractivity contribution in [3.63, 3.8) is 0 Å². The van der Waals surface area contributed by atoms with Gasteiger partial charge in [0.1, 0.15) is 19.5 Å². The Bertz CT molecular complexity index is 754. The molecule has 1 aromatic carbocycles. The summed E-state index contributed by atoms with van der Waals surface area (Å²) in [6.07, 6.45) is 1.60. The van der Waals surface area contributed by atoms with Gasteiger partial charge in [0.2, 0.25) is 0 Å². The van der Waals surface area contributed by atoms with Crippen LogP contribution in [0.15, 0.2) is 36.0 Å². The van der Waals surface area contributed by atoms with E-state index in [9.17, 15) is 0 Å². The van der Waals surface area contributed by atoms with Gasteiger partial charge in [0.15, 0.2) is 11.5 Å². The molecule has 0 spiro atoms. The van der Waals surface area contributed by atoms with Crippen molar-refractivity contribution < 1.29 is 9.47 Å². The van der Waals surface area contributed by atoms with Gasteiger partial charge in [-0.1, -0.05) is 0 Å². The molecular formula is C14H10N2O2S. The van der Waals surface area contributed by atoms with Crippen LogP contribution in [-0.2, 0) is 0 Å². The highest BCUT2D eigenvalue weighted by molar-refractivity contribution is 7.17. The highest BCUT2D eigenvalue weighted by Gasteiger charge is 2.14. The van der Waals surface area contributed by atoms with Crippen molar-refractivity contribution >= 4 is 21.6 Å². The molecule has 1 aliphatic heterocycles. The molecule has 0 unspecified atom stereocenters. The largest absolute Gasteiger partial charge is 0.486 e. The lowest BCUT2D eigenvalue weighted by Gasteiger charge is -2.18. The number of nitrogens with zero attached hydrogens (tertiary/aromatic N) is 2. The maximum atomic E-state index is 5.61. The Morgan fingerprint density at radius 2 is 1.89 bits per heavy atom. The van der Waals surface area contributed by atoms with Gasteiger partial charge in [0.05, 0.1) is 15.9 Å². The number of hydrogen-bond acceptors (Lipinski definition) is 5. The molecule has 0 bridgehead atoms. The number of aromatic nitrogens is 2. The zero-order valence-electron chi connectivity index (χ0n) is 10.00. The van der Waals surface area contributed by atoms with Gasteiger partial charge in [-0.3, -0.25) is 0 Å². The molecule has 2 aromatic heterocycles. The van der Waals surface area contributed by atoms with Gasteiger partial charge in [-0.25, -0.2) is 9.97 Å². The van der Waals surface area contributed by atoms with Crippen molar-refractivity contribution in [1.82, 2.24) is 9.97 Å². The molecule has 19 heavy (non-hydrogen) atoms. The average molecular weight is 270 g/mol. The number of thiophene rings is 1. The minimum absolute atomic E-state index is 0.592. The fourth-order valence-corrected chi connectivity index (χ4v) is 3.04. The van der Waals surface area contributed by atoms with Crippen LogP contribution in [0, 0.1) is 0 Å². The lowest BCUT2D eigenvalue weighted by atomic mass is 10.1. The SMILES string of the molecule is c1nc(-c2ccc3c(c2)OCCO3)c2sccc2n1. The monoisotopic (exact) mass is 270 g/mol. The topological polar surface area (TPSA) is 44.2 Å². The van der Waals surface area contributed by atoms with E-state index >= 15 is 0 Å². The Balaban J connectivity index is 1.90. The van der Waals surface area contributed by atoms with Crippen LogP contribution in [0.3, 0.4) is 0 Å². The molecule has 3 aromatic rings. The Morgan fingerprint density at radius 3 is 2.84 bits per heavy atom. The number of hydrogen-bond donors (Lipinski definition) is 0. The smallest absolute Gasteiger partial charge is 0.162 e. The third-order valence-electron chi connectivity index (χ3n) is 3.06. The summed E-state index contributed by atoms with van der Waals surface area (Å²) in [5.41, 5.74) is 2.95. The lowest BCUT2D eigenvalue weighted by Crippen LogP contribution is -2.15. The van der Waals surface area contributed by atoms with Crippen LogP contribution in [0.1, 0.15) is 0 Å². The predicted molar refractivity (Wildman–Crippen MR) is 73.8 cm³/mol. The molecule has 0 saturated carbocycles. The first kappa shape index (κ1) is 10.8. The van der Waals surface area contributed by atoms with Crippen molar-refractivity contribution in [1.29, 1.82) is 0 Å². The molecule has 0 aliphatic carbocycles. The molecule has 4 nitrogen and oxygen atoms in total. The molecule has 0 amide bonds. The molecule has 0 N–H and O–H groups in total. The summed E-state index contributed by atoms with van der Waals surface area (Å²) in [7, 11) is 0. The zero-order valence-corrected chi connectivity index (χ0v) is 10.8. The fraction of sp³-hybridized carbons (Fsp3) is 0.143. The summed E-state index contributed by atoms with van der Waals surface area (Å²) in [5, 5.41) is 2.03. The van der Waals surface area contributed by atoms with Gasteiger partial charge in [-0.2, -0.15) is 0 Å². The van der Waals surface area contributed by atoms with Gasteiger partial charge >= 0.3 is 0 Å². The van der Waals surface area contributed by atoms with Crippen LogP contribution in [-0.4, -0.2) is 23.2 Å². The molecule has 0 fully saturated rings. The highest BCUT2D eigenvalue weighted by atomic mass is 32.1. The second kappa shape index (κ2) is 4.20. The summed E-state index contributed by atoms with van der Waals surface area (Å²) >= 11 is 1.65. The standard InChI is InChI=1S/C14H10N2O2S/c1-2-11-12(18-5-4-17-11)7-9(1)13-14-10(3-6-19-14)15-8-16-13/h1-3,6-8H,4-5H2. The minimum atomic E-state index is 0.592. The Kier molecular flexibility index (Phi) is 2.38. The molecule has 3 heterocycles. The van der Waals surface area contributed by atoms with E-state index in [1.54, 1.807) is 17.7 Å². The summed E-state index contributed by atoms with van der Waals surface area (Å²) in [4.78, 5) is 8.66. The van der Waals surface area contributed by atoms with Crippen LogP contribution in [0.25, 0.3) is 21.5 Å². The fourth-order valence-electron chi connectivity index (χ4n) is 2.19. The maximum Gasteiger partial charge on any atom is 0.162 e. The molecule has 0 saturated heterocycles. The molecule has 5 heteroatoms. The van der Waals surface area contributed by atoms with Gasteiger partial charge < -0.3 is 9.47 Å². The third kappa shape index (κ3) is 1.74. The third-order valence-corrected chi connectivity index (χ3v) is 3.97. The molecule has 4 rings (SSSR count). The normalized spacial score (nSPS) is 13.7. The van der Waals surface area contributed by atoms with E-state index in [1.165, 1.54) is 0 Å². The van der Waals surface area contributed by atoms with E-state index in [1.807, 2.05) is 29.6 Å².